The van der Waals surface area contributed by atoms with E-state index in [1.54, 1.807) is 18.2 Å². The lowest BCUT2D eigenvalue weighted by Crippen LogP contribution is -2.41. The van der Waals surface area contributed by atoms with Crippen LogP contribution in [0.1, 0.15) is 12.0 Å². The predicted molar refractivity (Wildman–Crippen MR) is 114 cm³/mol. The standard InChI is InChI=1S/C21H21F2N3O9/c1-31-11-5-10-6-12(34-16(10)13(7-11)32-2)9-33-20(30)25-15-3-4-26(19(29)24-15)18-21(22,23)17(28)14(8-27)35-18/h3-7,14,17-18,27-28H,8-9H2,1-2H3,(H,24,25,29,30)/t14-,17-,18-/m1/s1. The second kappa shape index (κ2) is 9.48. The van der Waals surface area contributed by atoms with Crippen LogP contribution < -0.4 is 20.5 Å². The Kier molecular flexibility index (Phi) is 6.60. The number of alkyl halides is 2. The van der Waals surface area contributed by atoms with Crippen LogP contribution in [0.5, 0.6) is 11.5 Å². The molecule has 4 rings (SSSR count). The van der Waals surface area contributed by atoms with Crippen molar-refractivity contribution in [3.63, 3.8) is 0 Å². The number of amides is 1. The number of hydrogen-bond acceptors (Lipinski definition) is 10. The molecule has 35 heavy (non-hydrogen) atoms. The van der Waals surface area contributed by atoms with Crippen LogP contribution in [0.25, 0.3) is 11.0 Å². The number of anilines is 1. The maximum absolute atomic E-state index is 14.3. The predicted octanol–water partition coefficient (Wildman–Crippen LogP) is 1.64. The number of nitrogens with zero attached hydrogens (tertiary/aromatic N) is 2. The molecular formula is C21H21F2N3O9. The monoisotopic (exact) mass is 497 g/mol. The number of carbonyl (C=O) groups excluding carboxylic acids is 1. The van der Waals surface area contributed by atoms with E-state index in [2.05, 4.69) is 10.3 Å². The smallest absolute Gasteiger partial charge is 0.413 e. The summed E-state index contributed by atoms with van der Waals surface area (Å²) in [4.78, 5) is 27.9. The molecule has 14 heteroatoms. The molecule has 0 spiro atoms. The summed E-state index contributed by atoms with van der Waals surface area (Å²) < 4.78 is 55.0. The molecule has 0 unspecified atom stereocenters. The van der Waals surface area contributed by atoms with Gasteiger partial charge in [-0.2, -0.15) is 13.8 Å². The Morgan fingerprint density at radius 3 is 2.69 bits per heavy atom. The van der Waals surface area contributed by atoms with E-state index in [0.29, 0.717) is 32.8 Å². The van der Waals surface area contributed by atoms with Gasteiger partial charge in [0.15, 0.2) is 24.0 Å². The first kappa shape index (κ1) is 24.4. The Labute approximate surface area is 195 Å². The molecule has 1 aromatic carbocycles. The summed E-state index contributed by atoms with van der Waals surface area (Å²) >= 11 is 0. The number of furan rings is 1. The minimum Gasteiger partial charge on any atom is -0.497 e. The van der Waals surface area contributed by atoms with Crippen molar-refractivity contribution in [2.24, 2.45) is 0 Å². The molecule has 1 aliphatic rings. The molecule has 3 aromatic rings. The molecule has 0 radical (unpaired) electrons. The number of benzene rings is 1. The first-order valence-corrected chi connectivity index (χ1v) is 10.2. The van der Waals surface area contributed by atoms with E-state index >= 15 is 0 Å². The topological polar surface area (TPSA) is 155 Å². The second-order valence-electron chi connectivity index (χ2n) is 7.49. The van der Waals surface area contributed by atoms with Crippen LogP contribution in [0.4, 0.5) is 19.4 Å². The molecular weight excluding hydrogens is 476 g/mol. The van der Waals surface area contributed by atoms with Crippen LogP contribution in [0.2, 0.25) is 0 Å². The van der Waals surface area contributed by atoms with Crippen LogP contribution in [0.15, 0.2) is 39.7 Å². The van der Waals surface area contributed by atoms with E-state index in [-0.39, 0.29) is 12.4 Å². The summed E-state index contributed by atoms with van der Waals surface area (Å²) in [6, 6.07) is 6.04. The molecule has 3 heterocycles. The van der Waals surface area contributed by atoms with Gasteiger partial charge in [-0.05, 0) is 18.2 Å². The fourth-order valence-corrected chi connectivity index (χ4v) is 3.55. The number of hydrogen-bond donors (Lipinski definition) is 3. The zero-order valence-corrected chi connectivity index (χ0v) is 18.4. The highest BCUT2D eigenvalue weighted by Gasteiger charge is 2.59. The molecule has 1 aliphatic heterocycles. The lowest BCUT2D eigenvalue weighted by molar-refractivity contribution is -0.140. The summed E-state index contributed by atoms with van der Waals surface area (Å²) in [5.74, 6) is -2.86. The quantitative estimate of drug-likeness (QED) is 0.439. The van der Waals surface area contributed by atoms with Gasteiger partial charge in [-0.1, -0.05) is 0 Å². The van der Waals surface area contributed by atoms with E-state index in [1.165, 1.54) is 14.2 Å². The molecule has 1 amide bonds. The van der Waals surface area contributed by atoms with Crippen LogP contribution in [0, 0.1) is 0 Å². The summed E-state index contributed by atoms with van der Waals surface area (Å²) in [7, 11) is 2.97. The van der Waals surface area contributed by atoms with Crippen molar-refractivity contribution in [3.05, 3.63) is 46.7 Å². The molecule has 0 bridgehead atoms. The number of aromatic nitrogens is 2. The number of carbonyl (C=O) groups is 1. The highest BCUT2D eigenvalue weighted by Crippen LogP contribution is 2.42. The summed E-state index contributed by atoms with van der Waals surface area (Å²) in [5, 5.41) is 21.5. The van der Waals surface area contributed by atoms with Crippen LogP contribution in [-0.2, 0) is 16.1 Å². The van der Waals surface area contributed by atoms with Gasteiger partial charge in [0.25, 0.3) is 0 Å². The van der Waals surface area contributed by atoms with Crippen molar-refractivity contribution in [2.75, 3.05) is 26.1 Å². The van der Waals surface area contributed by atoms with E-state index in [0.717, 1.165) is 12.3 Å². The van der Waals surface area contributed by atoms with Gasteiger partial charge < -0.3 is 33.6 Å². The molecule has 0 saturated carbocycles. The Morgan fingerprint density at radius 2 is 2.06 bits per heavy atom. The first-order chi connectivity index (χ1) is 16.7. The van der Waals surface area contributed by atoms with Gasteiger partial charge >= 0.3 is 17.7 Å². The van der Waals surface area contributed by atoms with Gasteiger partial charge in [0.2, 0.25) is 6.23 Å². The van der Waals surface area contributed by atoms with Crippen molar-refractivity contribution in [1.29, 1.82) is 0 Å². The molecule has 0 aliphatic carbocycles. The van der Waals surface area contributed by atoms with Crippen molar-refractivity contribution >= 4 is 22.9 Å². The average Bonchev–Trinajstić information content (AvgIpc) is 3.35. The number of methoxy groups -OCH3 is 2. The Bertz CT molecular complexity index is 1290. The Hall–Kier alpha value is -3.75. The van der Waals surface area contributed by atoms with Crippen LogP contribution >= 0.6 is 0 Å². The van der Waals surface area contributed by atoms with Crippen molar-refractivity contribution in [1.82, 2.24) is 9.55 Å². The lowest BCUT2D eigenvalue weighted by atomic mass is 10.1. The van der Waals surface area contributed by atoms with Crippen molar-refractivity contribution in [2.45, 2.75) is 31.0 Å². The molecule has 1 saturated heterocycles. The normalized spacial score (nSPS) is 21.1. The van der Waals surface area contributed by atoms with Crippen molar-refractivity contribution < 1.29 is 47.2 Å². The Morgan fingerprint density at radius 1 is 1.29 bits per heavy atom. The number of halogens is 2. The van der Waals surface area contributed by atoms with Gasteiger partial charge in [0, 0.05) is 17.6 Å². The van der Waals surface area contributed by atoms with Crippen LogP contribution in [0.3, 0.4) is 0 Å². The van der Waals surface area contributed by atoms with Gasteiger partial charge in [-0.25, -0.2) is 9.59 Å². The molecule has 1 fully saturated rings. The average molecular weight is 497 g/mol. The zero-order valence-electron chi connectivity index (χ0n) is 18.4. The number of nitrogens with one attached hydrogen (secondary N) is 1. The van der Waals surface area contributed by atoms with E-state index < -0.39 is 42.7 Å². The number of fused-ring (bicyclic) bond motifs is 1. The summed E-state index contributed by atoms with van der Waals surface area (Å²) in [6.45, 7) is -1.14. The minimum atomic E-state index is -3.86. The third-order valence-corrected chi connectivity index (χ3v) is 5.28. The zero-order chi connectivity index (χ0) is 25.3. The molecule has 188 valence electrons. The number of aliphatic hydroxyl groups is 2. The summed E-state index contributed by atoms with van der Waals surface area (Å²) in [5.41, 5.74) is -0.756. The van der Waals surface area contributed by atoms with Gasteiger partial charge in [0.05, 0.1) is 20.8 Å². The molecule has 3 atom stereocenters. The lowest BCUT2D eigenvalue weighted by Gasteiger charge is -2.21. The number of ether oxygens (including phenoxy) is 4. The first-order valence-electron chi connectivity index (χ1n) is 10.2. The maximum Gasteiger partial charge on any atom is 0.413 e. The van der Waals surface area contributed by atoms with Gasteiger partial charge in [-0.3, -0.25) is 9.88 Å². The third kappa shape index (κ3) is 4.62. The molecule has 12 nitrogen and oxygen atoms in total. The molecule has 3 N–H and O–H groups in total. The third-order valence-electron chi connectivity index (χ3n) is 5.28. The maximum atomic E-state index is 14.3. The Balaban J connectivity index is 1.42. The minimum absolute atomic E-state index is 0.271. The number of rotatable bonds is 7. The van der Waals surface area contributed by atoms with E-state index in [9.17, 15) is 23.5 Å². The second-order valence-corrected chi connectivity index (χ2v) is 7.49. The van der Waals surface area contributed by atoms with E-state index in [4.69, 9.17) is 28.5 Å². The van der Waals surface area contributed by atoms with Gasteiger partial charge in [0.1, 0.15) is 23.4 Å². The molecule has 2 aromatic heterocycles. The van der Waals surface area contributed by atoms with Crippen molar-refractivity contribution in [3.8, 4) is 11.5 Å². The van der Waals surface area contributed by atoms with Crippen LogP contribution in [-0.4, -0.2) is 64.8 Å². The fraction of sp³-hybridized carbons (Fsp3) is 0.381. The SMILES string of the molecule is COc1cc(OC)c2oc(COC(=O)Nc3ccn([C@@H]4O[C@H](CO)[C@@H](O)C4(F)F)c(=O)n3)cc2c1. The van der Waals surface area contributed by atoms with E-state index in [1.807, 2.05) is 0 Å². The summed E-state index contributed by atoms with van der Waals surface area (Å²) in [6.07, 6.45) is -6.14. The number of aliphatic hydroxyl groups excluding tert-OH is 2. The van der Waals surface area contributed by atoms with Gasteiger partial charge in [-0.15, -0.1) is 0 Å². The fourth-order valence-electron chi connectivity index (χ4n) is 3.55. The largest absolute Gasteiger partial charge is 0.497 e. The highest BCUT2D eigenvalue weighted by atomic mass is 19.3. The highest BCUT2D eigenvalue weighted by molar-refractivity contribution is 5.86.